The first-order valence-electron chi connectivity index (χ1n) is 12.3. The molecule has 2 aromatic rings. The summed E-state index contributed by atoms with van der Waals surface area (Å²) < 4.78 is 5.64. The van der Waals surface area contributed by atoms with E-state index in [4.69, 9.17) is 4.74 Å². The lowest BCUT2D eigenvalue weighted by Crippen LogP contribution is -2.39. The van der Waals surface area contributed by atoms with E-state index in [1.165, 1.54) is 22.3 Å². The number of carbonyl (C=O) groups is 3. The van der Waals surface area contributed by atoms with Crippen LogP contribution in [0.3, 0.4) is 0 Å². The number of hydrogen-bond donors (Lipinski definition) is 2. The molecule has 2 amide bonds. The highest BCUT2D eigenvalue weighted by molar-refractivity contribution is 5.94. The first kappa shape index (κ1) is 21.9. The minimum atomic E-state index is -0.748. The molecule has 1 saturated heterocycles. The van der Waals surface area contributed by atoms with Crippen molar-refractivity contribution in [3.05, 3.63) is 71.3 Å². The molecule has 1 aliphatic heterocycles. The Morgan fingerprint density at radius 3 is 2.37 bits per heavy atom. The highest BCUT2D eigenvalue weighted by Crippen LogP contribution is 2.52. The first-order valence-corrected chi connectivity index (χ1v) is 12.3. The van der Waals surface area contributed by atoms with Crippen molar-refractivity contribution >= 4 is 18.0 Å². The lowest BCUT2D eigenvalue weighted by molar-refractivity contribution is -0.139. The van der Waals surface area contributed by atoms with E-state index in [9.17, 15) is 19.5 Å². The first-order chi connectivity index (χ1) is 17.0. The van der Waals surface area contributed by atoms with Crippen LogP contribution in [0.2, 0.25) is 0 Å². The lowest BCUT2D eigenvalue weighted by Gasteiger charge is -2.27. The third-order valence-electron chi connectivity index (χ3n) is 8.12. The van der Waals surface area contributed by atoms with Crippen molar-refractivity contribution in [1.29, 1.82) is 0 Å². The fraction of sp³-hybridized carbons (Fsp3) is 0.393. The monoisotopic (exact) mass is 472 g/mol. The Hall–Kier alpha value is -3.61. The molecule has 7 nitrogen and oxygen atoms in total. The van der Waals surface area contributed by atoms with Crippen LogP contribution in [0.1, 0.15) is 36.3 Å². The molecule has 35 heavy (non-hydrogen) atoms. The summed E-state index contributed by atoms with van der Waals surface area (Å²) in [5, 5.41) is 12.2. The van der Waals surface area contributed by atoms with E-state index < -0.39 is 12.1 Å². The number of nitrogens with zero attached hydrogens (tertiary/aromatic N) is 1. The summed E-state index contributed by atoms with van der Waals surface area (Å²) in [7, 11) is 0. The molecule has 2 N–H and O–H groups in total. The van der Waals surface area contributed by atoms with Gasteiger partial charge < -0.3 is 20.1 Å². The number of alkyl carbamates (subject to hydrolysis) is 1. The lowest BCUT2D eigenvalue weighted by atomic mass is 9.98. The molecule has 3 aliphatic carbocycles. The van der Waals surface area contributed by atoms with Gasteiger partial charge in [0, 0.05) is 30.6 Å². The zero-order valence-corrected chi connectivity index (χ0v) is 19.4. The van der Waals surface area contributed by atoms with Gasteiger partial charge in [0.05, 0.1) is 5.92 Å². The van der Waals surface area contributed by atoms with Gasteiger partial charge in [0.1, 0.15) is 6.61 Å². The van der Waals surface area contributed by atoms with E-state index in [2.05, 4.69) is 29.6 Å². The molecule has 1 saturated carbocycles. The number of nitrogens with one attached hydrogen (secondary N) is 1. The van der Waals surface area contributed by atoms with Gasteiger partial charge >= 0.3 is 12.1 Å². The average molecular weight is 473 g/mol. The zero-order valence-electron chi connectivity index (χ0n) is 19.4. The Balaban J connectivity index is 1.01. The van der Waals surface area contributed by atoms with E-state index in [0.29, 0.717) is 31.5 Å². The van der Waals surface area contributed by atoms with E-state index in [-0.39, 0.29) is 42.2 Å². The van der Waals surface area contributed by atoms with E-state index in [1.807, 2.05) is 30.3 Å². The van der Waals surface area contributed by atoms with Gasteiger partial charge in [0.25, 0.3) is 0 Å². The number of likely N-dealkylation sites (tertiary alicyclic amines) is 1. The number of piperidine rings is 1. The summed E-state index contributed by atoms with van der Waals surface area (Å²) in [6.45, 7) is 1.38. The van der Waals surface area contributed by atoms with E-state index in [0.717, 1.165) is 6.42 Å². The second-order valence-electron chi connectivity index (χ2n) is 10.1. The Morgan fingerprint density at radius 1 is 1.00 bits per heavy atom. The van der Waals surface area contributed by atoms with Crippen molar-refractivity contribution in [1.82, 2.24) is 10.2 Å². The van der Waals surface area contributed by atoms with Crippen molar-refractivity contribution in [2.75, 3.05) is 19.7 Å². The van der Waals surface area contributed by atoms with Crippen LogP contribution in [0.4, 0.5) is 4.79 Å². The molecule has 0 spiro atoms. The number of fused-ring (bicyclic) bond motifs is 4. The Bertz CT molecular complexity index is 1190. The summed E-state index contributed by atoms with van der Waals surface area (Å²) >= 11 is 0. The Kier molecular flexibility index (Phi) is 5.35. The normalized spacial score (nSPS) is 26.3. The summed E-state index contributed by atoms with van der Waals surface area (Å²) in [6, 6.07) is 16.3. The highest BCUT2D eigenvalue weighted by atomic mass is 16.5. The second kappa shape index (κ2) is 8.56. The van der Waals surface area contributed by atoms with Crippen molar-refractivity contribution in [3.63, 3.8) is 0 Å². The van der Waals surface area contributed by atoms with Crippen molar-refractivity contribution < 1.29 is 24.2 Å². The second-order valence-corrected chi connectivity index (χ2v) is 10.1. The summed E-state index contributed by atoms with van der Waals surface area (Å²) in [6.07, 6.45) is 3.23. The SMILES string of the molecule is O=C(NC1CC=C(C(=O)N2CC[C@H]3C(C(=O)O)[C@H]3C2)C1)OCC1c2ccccc2-c2ccccc21. The van der Waals surface area contributed by atoms with Gasteiger partial charge in [-0.2, -0.15) is 0 Å². The number of aliphatic carboxylic acids is 1. The number of benzene rings is 2. The Labute approximate surface area is 203 Å². The number of rotatable bonds is 5. The fourth-order valence-corrected chi connectivity index (χ4v) is 6.30. The van der Waals surface area contributed by atoms with Crippen LogP contribution in [-0.2, 0) is 14.3 Å². The number of amides is 2. The van der Waals surface area contributed by atoms with Crippen LogP contribution in [0, 0.1) is 17.8 Å². The van der Waals surface area contributed by atoms with Gasteiger partial charge in [-0.05, 0) is 53.4 Å². The summed E-state index contributed by atoms with van der Waals surface area (Å²) in [5.74, 6) is -0.766. The fourth-order valence-electron chi connectivity index (χ4n) is 6.30. The van der Waals surface area contributed by atoms with Crippen molar-refractivity contribution in [2.45, 2.75) is 31.2 Å². The van der Waals surface area contributed by atoms with Gasteiger partial charge in [0.15, 0.2) is 0 Å². The molecule has 7 heteroatoms. The number of carbonyl (C=O) groups excluding carboxylic acids is 2. The van der Waals surface area contributed by atoms with Gasteiger partial charge in [-0.15, -0.1) is 0 Å². The van der Waals surface area contributed by atoms with Gasteiger partial charge in [0.2, 0.25) is 5.91 Å². The van der Waals surface area contributed by atoms with E-state index in [1.54, 1.807) is 4.90 Å². The maximum Gasteiger partial charge on any atom is 0.407 e. The molecular formula is C28H28N2O5. The van der Waals surface area contributed by atoms with Crippen LogP contribution in [0.25, 0.3) is 11.1 Å². The van der Waals surface area contributed by atoms with E-state index >= 15 is 0 Å². The topological polar surface area (TPSA) is 95.9 Å². The molecule has 4 aliphatic rings. The third-order valence-corrected chi connectivity index (χ3v) is 8.12. The third kappa shape index (κ3) is 3.89. The predicted octanol–water partition coefficient (Wildman–Crippen LogP) is 3.79. The molecule has 6 rings (SSSR count). The molecule has 2 aromatic carbocycles. The minimum absolute atomic E-state index is 0.00646. The number of ether oxygens (including phenoxy) is 1. The molecule has 180 valence electrons. The smallest absolute Gasteiger partial charge is 0.407 e. The van der Waals surface area contributed by atoms with Crippen LogP contribution in [0.15, 0.2) is 60.2 Å². The number of hydrogen-bond acceptors (Lipinski definition) is 4. The van der Waals surface area contributed by atoms with Gasteiger partial charge in [-0.3, -0.25) is 9.59 Å². The predicted molar refractivity (Wildman–Crippen MR) is 129 cm³/mol. The minimum Gasteiger partial charge on any atom is -0.481 e. The van der Waals surface area contributed by atoms with Crippen molar-refractivity contribution in [3.8, 4) is 11.1 Å². The molecule has 4 atom stereocenters. The zero-order chi connectivity index (χ0) is 24.1. The highest BCUT2D eigenvalue weighted by Gasteiger charge is 2.57. The quantitative estimate of drug-likeness (QED) is 0.690. The van der Waals surface area contributed by atoms with Crippen LogP contribution in [-0.4, -0.2) is 53.7 Å². The molecule has 0 bridgehead atoms. The van der Waals surface area contributed by atoms with Crippen molar-refractivity contribution in [2.24, 2.45) is 17.8 Å². The molecule has 0 radical (unpaired) electrons. The van der Waals surface area contributed by atoms with Gasteiger partial charge in [-0.1, -0.05) is 54.6 Å². The maximum absolute atomic E-state index is 13.0. The number of carboxylic acid groups (broad SMARTS) is 1. The molecule has 2 unspecified atom stereocenters. The Morgan fingerprint density at radius 2 is 1.69 bits per heavy atom. The van der Waals surface area contributed by atoms with Crippen LogP contribution < -0.4 is 5.32 Å². The average Bonchev–Trinajstić information content (AvgIpc) is 3.26. The standard InChI is InChI=1S/C28H28N2O5/c31-26(30-12-11-22-23(14-30)25(22)27(32)33)16-9-10-17(13-16)29-28(34)35-15-24-20-7-3-1-5-18(20)19-6-2-4-8-21(19)24/h1-9,17,22-25H,10-15H2,(H,29,34)(H,32,33)/t17?,22-,23+,25?/m1/s1. The molecule has 0 aromatic heterocycles. The largest absolute Gasteiger partial charge is 0.481 e. The number of carboxylic acids is 1. The molecule has 2 fully saturated rings. The molecule has 1 heterocycles. The van der Waals surface area contributed by atoms with Crippen LogP contribution in [0.5, 0.6) is 0 Å². The van der Waals surface area contributed by atoms with Crippen LogP contribution >= 0.6 is 0 Å². The maximum atomic E-state index is 13.0. The molecular weight excluding hydrogens is 444 g/mol. The summed E-state index contributed by atoms with van der Waals surface area (Å²) in [5.41, 5.74) is 5.40. The summed E-state index contributed by atoms with van der Waals surface area (Å²) in [4.78, 5) is 38.7. The van der Waals surface area contributed by atoms with Gasteiger partial charge in [-0.25, -0.2) is 4.79 Å².